The Bertz CT molecular complexity index is 603. The second-order valence-electron chi connectivity index (χ2n) is 4.00. The molecule has 108 valence electrons. The molecule has 1 aromatic rings. The van der Waals surface area contributed by atoms with E-state index in [2.05, 4.69) is 20.3 Å². The van der Waals surface area contributed by atoms with E-state index in [1.165, 1.54) is 0 Å². The first-order chi connectivity index (χ1) is 9.42. The average Bonchev–Trinajstić information content (AvgIpc) is 2.65. The lowest BCUT2D eigenvalue weighted by molar-refractivity contribution is -0.118. The zero-order valence-electron chi connectivity index (χ0n) is 10.3. The van der Waals surface area contributed by atoms with Gasteiger partial charge in [0.25, 0.3) is 5.91 Å². The molecule has 1 aliphatic rings. The van der Waals surface area contributed by atoms with E-state index in [-0.39, 0.29) is 4.28 Å². The van der Waals surface area contributed by atoms with Crippen molar-refractivity contribution in [3.8, 4) is 0 Å². The van der Waals surface area contributed by atoms with Crippen molar-refractivity contribution in [1.29, 1.82) is 0 Å². The number of carbonyl (C=O) groups excluding carboxylic acids is 1. The minimum Gasteiger partial charge on any atom is -0.324 e. The van der Waals surface area contributed by atoms with Crippen LogP contribution in [0.15, 0.2) is 33.7 Å². The third-order valence-corrected chi connectivity index (χ3v) is 6.21. The Kier molecular flexibility index (Phi) is 5.23. The van der Waals surface area contributed by atoms with Crippen LogP contribution in [0.3, 0.4) is 0 Å². The molecule has 20 heavy (non-hydrogen) atoms. The van der Waals surface area contributed by atoms with Crippen LogP contribution in [-0.2, 0) is 15.5 Å². The summed E-state index contributed by atoms with van der Waals surface area (Å²) in [6, 6.07) is 5.16. The van der Waals surface area contributed by atoms with Gasteiger partial charge >= 0.3 is 0 Å². The topological polar surface area (TPSA) is 32.7 Å². The summed E-state index contributed by atoms with van der Waals surface area (Å²) in [4.78, 5) is 13.9. The van der Waals surface area contributed by atoms with Crippen LogP contribution in [0.2, 0.25) is 10.0 Å². The number of halogens is 4. The van der Waals surface area contributed by atoms with E-state index in [9.17, 15) is 9.18 Å². The molecule has 0 saturated carbocycles. The first-order valence-electron chi connectivity index (χ1n) is 5.53. The quantitative estimate of drug-likeness (QED) is 0.535. The van der Waals surface area contributed by atoms with Crippen LogP contribution < -0.4 is 4.90 Å². The van der Waals surface area contributed by atoms with E-state index in [0.29, 0.717) is 10.0 Å². The Morgan fingerprint density at radius 1 is 1.45 bits per heavy atom. The van der Waals surface area contributed by atoms with Crippen LogP contribution >= 0.6 is 39.1 Å². The molecule has 0 aromatic heterocycles. The molecular weight excluding hydrogens is 390 g/mol. The van der Waals surface area contributed by atoms with Gasteiger partial charge in [-0.2, -0.15) is 4.36 Å². The van der Waals surface area contributed by atoms with E-state index >= 15 is 0 Å². The van der Waals surface area contributed by atoms with Gasteiger partial charge in [0.15, 0.2) is 6.67 Å². The summed E-state index contributed by atoms with van der Waals surface area (Å²) in [5.74, 6) is -0.753. The van der Waals surface area contributed by atoms with Crippen LogP contribution in [0, 0.1) is 0 Å². The molecular formula is C12H10BrCl2FN2OS. The molecule has 0 radical (unpaired) electrons. The summed E-state index contributed by atoms with van der Waals surface area (Å²) in [5, 5.41) is 1.03. The molecule has 0 aliphatic carbocycles. The largest absolute Gasteiger partial charge is 0.324 e. The zero-order valence-corrected chi connectivity index (χ0v) is 14.2. The van der Waals surface area contributed by atoms with Crippen molar-refractivity contribution < 1.29 is 9.18 Å². The molecule has 0 spiro atoms. The number of rotatable bonds is 2. The predicted octanol–water partition coefficient (Wildman–Crippen LogP) is 4.65. The minimum atomic E-state index is -1.08. The van der Waals surface area contributed by atoms with E-state index in [0.717, 1.165) is 10.6 Å². The molecule has 0 N–H and O–H groups in total. The van der Waals surface area contributed by atoms with Gasteiger partial charge in [0.2, 0.25) is 0 Å². The Hall–Kier alpha value is -0.430. The Labute approximate surface area is 137 Å². The molecule has 0 saturated heterocycles. The molecule has 3 nitrogen and oxygen atoms in total. The molecule has 0 fully saturated rings. The van der Waals surface area contributed by atoms with Crippen molar-refractivity contribution in [3.63, 3.8) is 0 Å². The van der Waals surface area contributed by atoms with Crippen LogP contribution in [0.1, 0.15) is 6.92 Å². The van der Waals surface area contributed by atoms with Gasteiger partial charge in [-0.15, -0.1) is 0 Å². The van der Waals surface area contributed by atoms with Crippen LogP contribution in [0.5, 0.6) is 0 Å². The van der Waals surface area contributed by atoms with Crippen molar-refractivity contribution in [2.45, 2.75) is 11.2 Å². The number of alkyl halides is 2. The van der Waals surface area contributed by atoms with Gasteiger partial charge in [-0.05, 0) is 35.8 Å². The summed E-state index contributed by atoms with van der Waals surface area (Å²) in [6.45, 7) is 0.762. The minimum absolute atomic E-state index is 0.257. The van der Waals surface area contributed by atoms with E-state index in [1.807, 2.05) is 18.0 Å². The van der Waals surface area contributed by atoms with Gasteiger partial charge in [-0.3, -0.25) is 4.79 Å². The fraction of sp³-hybridized carbons (Fsp3) is 0.250. The van der Waals surface area contributed by atoms with Gasteiger partial charge in [0.1, 0.15) is 4.28 Å². The lowest BCUT2D eigenvalue weighted by Gasteiger charge is -2.21. The summed E-state index contributed by atoms with van der Waals surface area (Å²) < 4.78 is 15.9. The average molecular weight is 400 g/mol. The maximum atomic E-state index is 12.3. The summed E-state index contributed by atoms with van der Waals surface area (Å²) >= 11 is 15.5. The zero-order chi connectivity index (χ0) is 14.9. The van der Waals surface area contributed by atoms with E-state index in [1.54, 1.807) is 18.2 Å². The van der Waals surface area contributed by atoms with Crippen molar-refractivity contribution >= 4 is 61.4 Å². The molecule has 1 aromatic carbocycles. The lowest BCUT2D eigenvalue weighted by Crippen LogP contribution is -2.23. The summed E-state index contributed by atoms with van der Waals surface area (Å²) in [7, 11) is -0.738. The molecule has 1 heterocycles. The van der Waals surface area contributed by atoms with E-state index in [4.69, 9.17) is 23.2 Å². The number of hydrogen-bond donors (Lipinski definition) is 0. The number of benzene rings is 1. The van der Waals surface area contributed by atoms with Crippen LogP contribution in [0.25, 0.3) is 0 Å². The second kappa shape index (κ2) is 6.56. The van der Waals surface area contributed by atoms with Crippen molar-refractivity contribution in [2.75, 3.05) is 11.6 Å². The van der Waals surface area contributed by atoms with Gasteiger partial charge < -0.3 is 4.90 Å². The molecule has 8 heteroatoms. The number of hydrogen-bond acceptors (Lipinski definition) is 2. The van der Waals surface area contributed by atoms with Crippen molar-refractivity contribution in [2.24, 2.45) is 4.36 Å². The second-order valence-corrected chi connectivity index (χ2v) is 8.25. The molecule has 1 aliphatic heterocycles. The van der Waals surface area contributed by atoms with Crippen molar-refractivity contribution in [1.82, 2.24) is 0 Å². The predicted molar refractivity (Wildman–Crippen MR) is 86.2 cm³/mol. The summed E-state index contributed by atoms with van der Waals surface area (Å²) in [5.41, 5.74) is 0.779. The van der Waals surface area contributed by atoms with Gasteiger partial charge in [0, 0.05) is 26.8 Å². The van der Waals surface area contributed by atoms with Gasteiger partial charge in [0.05, 0.1) is 0 Å². The first-order valence-corrected chi connectivity index (χ1v) is 8.44. The Morgan fingerprint density at radius 3 is 2.60 bits per heavy atom. The fourth-order valence-electron chi connectivity index (χ4n) is 1.70. The van der Waals surface area contributed by atoms with Gasteiger partial charge in [-0.1, -0.05) is 39.1 Å². The molecule has 1 amide bonds. The maximum Gasteiger partial charge on any atom is 0.283 e. The normalized spacial score (nSPS) is 22.2. The van der Waals surface area contributed by atoms with E-state index < -0.39 is 23.3 Å². The van der Waals surface area contributed by atoms with Gasteiger partial charge in [-0.25, -0.2) is 4.39 Å². The number of carbonyl (C=O) groups is 1. The lowest BCUT2D eigenvalue weighted by atomic mass is 10.3. The molecule has 2 rings (SSSR count). The molecule has 2 atom stereocenters. The standard InChI is InChI=1S/C12H10BrCl2FN2OS/c1-7-6-18(10-3-8(14)2-9(15)4-10)12(13)20(7)17-11(19)5-16/h2-4,6,12H,5H2,1H3. The highest BCUT2D eigenvalue weighted by molar-refractivity contribution is 9.11. The summed E-state index contributed by atoms with van der Waals surface area (Å²) in [6.07, 6.45) is 1.85. The highest BCUT2D eigenvalue weighted by Crippen LogP contribution is 2.35. The third kappa shape index (κ3) is 3.42. The highest BCUT2D eigenvalue weighted by atomic mass is 79.9. The SMILES string of the molecule is CC1=CN(c2cc(Cl)cc(Cl)c2)C(Br)S1=NC(=O)CF. The smallest absolute Gasteiger partial charge is 0.283 e. The monoisotopic (exact) mass is 398 g/mol. The number of allylic oxidation sites excluding steroid dienone is 1. The first kappa shape index (κ1) is 15.9. The Morgan fingerprint density at radius 2 is 2.05 bits per heavy atom. The van der Waals surface area contributed by atoms with Crippen molar-refractivity contribution in [3.05, 3.63) is 39.3 Å². The molecule has 2 unspecified atom stereocenters. The van der Waals surface area contributed by atoms with Crippen LogP contribution in [-0.4, -0.2) is 16.9 Å². The Balaban J connectivity index is 2.37. The molecule has 0 bridgehead atoms. The third-order valence-electron chi connectivity index (χ3n) is 2.51. The number of amides is 1. The fourth-order valence-corrected chi connectivity index (χ4v) is 5.13. The van der Waals surface area contributed by atoms with Crippen LogP contribution in [0.4, 0.5) is 10.1 Å². The number of anilines is 1. The highest BCUT2D eigenvalue weighted by Gasteiger charge is 2.28. The maximum absolute atomic E-state index is 12.3. The number of nitrogens with zero attached hydrogens (tertiary/aromatic N) is 2.